The second kappa shape index (κ2) is 53.4. The zero-order chi connectivity index (χ0) is 47.4. The fourth-order valence-corrected chi connectivity index (χ4v) is 9.10. The highest BCUT2D eigenvalue weighted by Crippen LogP contribution is 2.18. The van der Waals surface area contributed by atoms with Crippen LogP contribution >= 0.6 is 0 Å². The molecule has 0 rings (SSSR count). The summed E-state index contributed by atoms with van der Waals surface area (Å²) in [6.45, 7) is 9.07. The summed E-state index contributed by atoms with van der Waals surface area (Å²) in [7, 11) is 0. The molecule has 0 heterocycles. The predicted molar refractivity (Wildman–Crippen MR) is 280 cm³/mol. The lowest BCUT2D eigenvalue weighted by Crippen LogP contribution is -2.30. The van der Waals surface area contributed by atoms with Crippen molar-refractivity contribution in [2.45, 2.75) is 342 Å². The van der Waals surface area contributed by atoms with Crippen molar-refractivity contribution in [3.8, 4) is 0 Å². The van der Waals surface area contributed by atoms with E-state index in [9.17, 15) is 14.4 Å². The number of hydrogen-bond donors (Lipinski definition) is 0. The predicted octanol–water partition coefficient (Wildman–Crippen LogP) is 19.4. The molecule has 0 saturated carbocycles. The molecule has 6 nitrogen and oxygen atoms in total. The first-order valence-corrected chi connectivity index (χ1v) is 29.4. The number of rotatable bonds is 54. The lowest BCUT2D eigenvalue weighted by Gasteiger charge is -2.18. The van der Waals surface area contributed by atoms with Crippen LogP contribution in [0.4, 0.5) is 0 Å². The molecule has 0 unspecified atom stereocenters. The first kappa shape index (κ1) is 63.4. The molecule has 0 spiro atoms. The second-order valence-electron chi connectivity index (χ2n) is 20.8. The van der Waals surface area contributed by atoms with E-state index in [0.29, 0.717) is 19.3 Å². The van der Waals surface area contributed by atoms with Gasteiger partial charge in [-0.15, -0.1) is 0 Å². The van der Waals surface area contributed by atoms with Gasteiger partial charge in [0.15, 0.2) is 6.10 Å². The molecule has 0 aromatic carbocycles. The average Bonchev–Trinajstić information content (AvgIpc) is 3.29. The number of esters is 3. The van der Waals surface area contributed by atoms with Crippen LogP contribution in [0.5, 0.6) is 0 Å². The molecular formula is C59H114O6. The van der Waals surface area contributed by atoms with E-state index in [1.165, 1.54) is 231 Å². The van der Waals surface area contributed by atoms with Crippen molar-refractivity contribution in [1.29, 1.82) is 0 Å². The summed E-state index contributed by atoms with van der Waals surface area (Å²) >= 11 is 0. The van der Waals surface area contributed by atoms with Gasteiger partial charge in [0, 0.05) is 19.3 Å². The van der Waals surface area contributed by atoms with Crippen molar-refractivity contribution in [2.75, 3.05) is 13.2 Å². The summed E-state index contributed by atoms with van der Waals surface area (Å²) in [6, 6.07) is 0. The third-order valence-corrected chi connectivity index (χ3v) is 13.5. The van der Waals surface area contributed by atoms with E-state index in [4.69, 9.17) is 14.2 Å². The number of ether oxygens (including phenoxy) is 3. The van der Waals surface area contributed by atoms with Gasteiger partial charge >= 0.3 is 17.9 Å². The average molecular weight is 920 g/mol. The van der Waals surface area contributed by atoms with Gasteiger partial charge in [0.25, 0.3) is 0 Å². The summed E-state index contributed by atoms with van der Waals surface area (Å²) in [5.41, 5.74) is 0. The quantitative estimate of drug-likeness (QED) is 0.0344. The minimum atomic E-state index is -0.761. The van der Waals surface area contributed by atoms with E-state index in [1.54, 1.807) is 0 Å². The van der Waals surface area contributed by atoms with Crippen LogP contribution in [0.2, 0.25) is 0 Å². The molecule has 1 atom stereocenters. The van der Waals surface area contributed by atoms with Gasteiger partial charge in [-0.1, -0.05) is 297 Å². The molecule has 0 bridgehead atoms. The van der Waals surface area contributed by atoms with Gasteiger partial charge in [0.05, 0.1) is 0 Å². The Morgan fingerprint density at radius 1 is 0.292 bits per heavy atom. The van der Waals surface area contributed by atoms with E-state index >= 15 is 0 Å². The molecule has 0 aliphatic carbocycles. The largest absolute Gasteiger partial charge is 0.462 e. The first-order valence-electron chi connectivity index (χ1n) is 29.4. The molecule has 0 amide bonds. The van der Waals surface area contributed by atoms with Gasteiger partial charge in [0.2, 0.25) is 0 Å². The molecule has 0 aliphatic heterocycles. The Morgan fingerprint density at radius 2 is 0.508 bits per heavy atom. The van der Waals surface area contributed by atoms with Crippen LogP contribution in [0.3, 0.4) is 0 Å². The number of unbranched alkanes of at least 4 members (excludes halogenated alkanes) is 41. The van der Waals surface area contributed by atoms with Gasteiger partial charge in [-0.2, -0.15) is 0 Å². The minimum Gasteiger partial charge on any atom is -0.462 e. The second-order valence-corrected chi connectivity index (χ2v) is 20.8. The first-order chi connectivity index (χ1) is 31.9. The Hall–Kier alpha value is -1.59. The van der Waals surface area contributed by atoms with Crippen LogP contribution < -0.4 is 0 Å². The van der Waals surface area contributed by atoms with Crippen LogP contribution in [0, 0.1) is 5.92 Å². The van der Waals surface area contributed by atoms with Crippen LogP contribution in [0.1, 0.15) is 336 Å². The van der Waals surface area contributed by atoms with E-state index in [1.807, 2.05) is 0 Å². The molecule has 0 aromatic rings. The summed E-state index contributed by atoms with van der Waals surface area (Å²) in [5, 5.41) is 0. The maximum atomic E-state index is 12.9. The molecule has 6 heteroatoms. The van der Waals surface area contributed by atoms with Gasteiger partial charge in [-0.25, -0.2) is 0 Å². The van der Waals surface area contributed by atoms with Crippen molar-refractivity contribution >= 4 is 17.9 Å². The highest BCUT2D eigenvalue weighted by atomic mass is 16.6. The fourth-order valence-electron chi connectivity index (χ4n) is 9.10. The lowest BCUT2D eigenvalue weighted by molar-refractivity contribution is -0.167. The molecular weight excluding hydrogens is 805 g/mol. The van der Waals surface area contributed by atoms with E-state index in [0.717, 1.165) is 63.7 Å². The number of carbonyl (C=O) groups is 3. The summed E-state index contributed by atoms with van der Waals surface area (Å²) in [4.78, 5) is 38.1. The summed E-state index contributed by atoms with van der Waals surface area (Å²) in [6.07, 6.45) is 58.1. The third-order valence-electron chi connectivity index (χ3n) is 13.5. The molecule has 0 saturated heterocycles. The molecule has 0 aromatic heterocycles. The Morgan fingerprint density at radius 3 is 0.754 bits per heavy atom. The number of hydrogen-bond acceptors (Lipinski definition) is 6. The topological polar surface area (TPSA) is 78.9 Å². The zero-order valence-electron chi connectivity index (χ0n) is 44.5. The Balaban J connectivity index is 4.25. The Bertz CT molecular complexity index is 980. The highest BCUT2D eigenvalue weighted by Gasteiger charge is 2.19. The standard InChI is InChI=1S/C59H114O6/c1-5-7-9-11-13-15-17-18-19-20-24-27-31-35-39-43-47-51-58(61)64-54-56(53-63-57(60)50-46-42-38-34-29-16-14-12-10-8-6-2)65-59(62)52-48-44-40-36-32-28-25-22-21-23-26-30-33-37-41-45-49-55(3)4/h55-56H,5-54H2,1-4H3/t56-/m1/s1. The molecule has 0 radical (unpaired) electrons. The van der Waals surface area contributed by atoms with E-state index < -0.39 is 6.10 Å². The Kier molecular flexibility index (Phi) is 52.1. The molecule has 0 fully saturated rings. The molecule has 65 heavy (non-hydrogen) atoms. The Labute approximate surface area is 406 Å². The monoisotopic (exact) mass is 919 g/mol. The van der Waals surface area contributed by atoms with Crippen LogP contribution in [-0.4, -0.2) is 37.2 Å². The summed E-state index contributed by atoms with van der Waals surface area (Å²) < 4.78 is 16.9. The van der Waals surface area contributed by atoms with E-state index in [2.05, 4.69) is 27.7 Å². The molecule has 386 valence electrons. The van der Waals surface area contributed by atoms with Gasteiger partial charge in [-0.05, 0) is 25.2 Å². The number of carbonyl (C=O) groups excluding carboxylic acids is 3. The van der Waals surface area contributed by atoms with Gasteiger partial charge in [0.1, 0.15) is 13.2 Å². The van der Waals surface area contributed by atoms with Crippen LogP contribution in [0.25, 0.3) is 0 Å². The van der Waals surface area contributed by atoms with Crippen molar-refractivity contribution in [3.63, 3.8) is 0 Å². The van der Waals surface area contributed by atoms with Crippen LogP contribution in [-0.2, 0) is 28.6 Å². The molecule has 0 N–H and O–H groups in total. The van der Waals surface area contributed by atoms with Crippen molar-refractivity contribution < 1.29 is 28.6 Å². The van der Waals surface area contributed by atoms with Crippen molar-refractivity contribution in [3.05, 3.63) is 0 Å². The fraction of sp³-hybridized carbons (Fsp3) is 0.949. The zero-order valence-corrected chi connectivity index (χ0v) is 44.5. The van der Waals surface area contributed by atoms with Gasteiger partial charge < -0.3 is 14.2 Å². The van der Waals surface area contributed by atoms with E-state index in [-0.39, 0.29) is 31.1 Å². The smallest absolute Gasteiger partial charge is 0.306 e. The SMILES string of the molecule is CCCCCCCCCCCCCCCCCCCC(=O)OC[C@@H](COC(=O)CCCCCCCCCCCCC)OC(=O)CCCCCCCCCCCCCCCCCCC(C)C. The normalized spacial score (nSPS) is 12.0. The van der Waals surface area contributed by atoms with Crippen molar-refractivity contribution in [1.82, 2.24) is 0 Å². The lowest BCUT2D eigenvalue weighted by atomic mass is 10.0. The van der Waals surface area contributed by atoms with Crippen LogP contribution in [0.15, 0.2) is 0 Å². The van der Waals surface area contributed by atoms with Gasteiger partial charge in [-0.3, -0.25) is 14.4 Å². The molecule has 0 aliphatic rings. The maximum absolute atomic E-state index is 12.9. The maximum Gasteiger partial charge on any atom is 0.306 e. The highest BCUT2D eigenvalue weighted by molar-refractivity contribution is 5.71. The van der Waals surface area contributed by atoms with Crippen molar-refractivity contribution in [2.24, 2.45) is 5.92 Å². The third kappa shape index (κ3) is 53.2. The summed E-state index contributed by atoms with van der Waals surface area (Å²) in [5.74, 6) is 0.0169. The minimum absolute atomic E-state index is 0.0617.